The van der Waals surface area contributed by atoms with E-state index in [4.69, 9.17) is 4.74 Å². The van der Waals surface area contributed by atoms with Gasteiger partial charge in [0.25, 0.3) is 5.69 Å². The Morgan fingerprint density at radius 3 is 2.88 bits per heavy atom. The number of ether oxygens (including phenoxy) is 1. The number of imidazole rings is 1. The number of hydrogen-bond acceptors (Lipinski definition) is 7. The molecule has 3 rings (SSSR count). The third-order valence-electron chi connectivity index (χ3n) is 3.50. The van der Waals surface area contributed by atoms with Gasteiger partial charge in [-0.25, -0.2) is 4.98 Å². The Bertz CT molecular complexity index is 970. The molecule has 0 atom stereocenters. The summed E-state index contributed by atoms with van der Waals surface area (Å²) in [6.45, 7) is 0. The van der Waals surface area contributed by atoms with Crippen molar-refractivity contribution in [3.05, 3.63) is 52.1 Å². The Labute approximate surface area is 146 Å². The zero-order chi connectivity index (χ0) is 18.0. The second-order valence-electron chi connectivity index (χ2n) is 5.10. The number of fused-ring (bicyclic) bond motifs is 1. The van der Waals surface area contributed by atoms with Gasteiger partial charge in [-0.1, -0.05) is 11.8 Å². The van der Waals surface area contributed by atoms with E-state index in [1.54, 1.807) is 12.1 Å². The molecule has 0 bridgehead atoms. The van der Waals surface area contributed by atoms with Gasteiger partial charge in [0.2, 0.25) is 0 Å². The molecule has 2 N–H and O–H groups in total. The highest BCUT2D eigenvalue weighted by Crippen LogP contribution is 2.27. The maximum Gasteiger partial charge on any atom is 0.271 e. The van der Waals surface area contributed by atoms with Gasteiger partial charge >= 0.3 is 0 Å². The average molecular weight is 359 g/mol. The number of nitrogens with one attached hydrogen (secondary N) is 1. The molecule has 25 heavy (non-hydrogen) atoms. The van der Waals surface area contributed by atoms with Crippen molar-refractivity contribution in [1.82, 2.24) is 9.97 Å². The number of Topliss-reactive ketones (excluding diaryl/α,β-unsaturated/α-hetero) is 1. The lowest BCUT2D eigenvalue weighted by atomic mass is 10.1. The third-order valence-corrected chi connectivity index (χ3v) is 4.37. The minimum Gasteiger partial charge on any atom is -0.507 e. The Balaban J connectivity index is 1.76. The van der Waals surface area contributed by atoms with E-state index in [-0.39, 0.29) is 28.5 Å². The number of thioether (sulfide) groups is 1. The Morgan fingerprint density at radius 1 is 1.36 bits per heavy atom. The summed E-state index contributed by atoms with van der Waals surface area (Å²) in [7, 11) is 1.48. The Morgan fingerprint density at radius 2 is 2.16 bits per heavy atom. The lowest BCUT2D eigenvalue weighted by Gasteiger charge is -2.05. The molecule has 128 valence electrons. The highest BCUT2D eigenvalue weighted by molar-refractivity contribution is 7.99. The number of ketones is 1. The van der Waals surface area contributed by atoms with Crippen LogP contribution in [0.1, 0.15) is 10.4 Å². The second kappa shape index (κ2) is 6.81. The van der Waals surface area contributed by atoms with E-state index < -0.39 is 4.92 Å². The quantitative estimate of drug-likeness (QED) is 0.300. The van der Waals surface area contributed by atoms with Gasteiger partial charge in [-0.15, -0.1) is 0 Å². The van der Waals surface area contributed by atoms with E-state index in [2.05, 4.69) is 9.97 Å². The highest BCUT2D eigenvalue weighted by Gasteiger charge is 2.15. The van der Waals surface area contributed by atoms with Crippen LogP contribution in [0.25, 0.3) is 11.0 Å². The smallest absolute Gasteiger partial charge is 0.271 e. The molecule has 9 heteroatoms. The number of nitro groups is 1. The summed E-state index contributed by atoms with van der Waals surface area (Å²) >= 11 is 1.15. The molecule has 0 aliphatic heterocycles. The summed E-state index contributed by atoms with van der Waals surface area (Å²) in [6.07, 6.45) is 0. The fraction of sp³-hybridized carbons (Fsp3) is 0.125. The number of non-ortho nitro benzene ring substituents is 1. The van der Waals surface area contributed by atoms with Crippen LogP contribution in [-0.4, -0.2) is 38.6 Å². The number of phenolic OH excluding ortho intramolecular Hbond substituents is 1. The van der Waals surface area contributed by atoms with Crippen LogP contribution in [0.3, 0.4) is 0 Å². The summed E-state index contributed by atoms with van der Waals surface area (Å²) in [5.74, 6) is 0.115. The van der Waals surface area contributed by atoms with Crippen molar-refractivity contribution in [2.75, 3.05) is 12.9 Å². The number of aromatic nitrogens is 2. The van der Waals surface area contributed by atoms with Crippen molar-refractivity contribution in [3.63, 3.8) is 0 Å². The number of aromatic hydroxyl groups is 1. The molecule has 2 aromatic carbocycles. The molecule has 0 spiro atoms. The highest BCUT2D eigenvalue weighted by atomic mass is 32.2. The first-order valence-electron chi connectivity index (χ1n) is 7.15. The first kappa shape index (κ1) is 16.8. The van der Waals surface area contributed by atoms with Crippen molar-refractivity contribution in [3.8, 4) is 11.5 Å². The molecular formula is C16H13N3O5S. The summed E-state index contributed by atoms with van der Waals surface area (Å²) in [6, 6.07) is 8.74. The van der Waals surface area contributed by atoms with E-state index >= 15 is 0 Å². The molecule has 0 saturated heterocycles. The average Bonchev–Trinajstić information content (AvgIpc) is 3.02. The van der Waals surface area contributed by atoms with Gasteiger partial charge < -0.3 is 14.8 Å². The lowest BCUT2D eigenvalue weighted by Crippen LogP contribution is -2.03. The van der Waals surface area contributed by atoms with Crippen molar-refractivity contribution < 1.29 is 19.6 Å². The first-order valence-corrected chi connectivity index (χ1v) is 8.13. The van der Waals surface area contributed by atoms with Gasteiger partial charge in [-0.2, -0.15) is 0 Å². The summed E-state index contributed by atoms with van der Waals surface area (Å²) < 4.78 is 5.05. The molecule has 0 unspecified atom stereocenters. The van der Waals surface area contributed by atoms with Gasteiger partial charge in [0.05, 0.1) is 34.4 Å². The fourth-order valence-electron chi connectivity index (χ4n) is 2.23. The van der Waals surface area contributed by atoms with Gasteiger partial charge in [-0.3, -0.25) is 14.9 Å². The SMILES string of the molecule is COc1ccc(O)c(C(=O)CSc2nc3ccc([N+](=O)[O-])cc3[nH]2)c1. The van der Waals surface area contributed by atoms with Gasteiger partial charge in [0.15, 0.2) is 10.9 Å². The number of nitro benzene ring substituents is 1. The molecule has 8 nitrogen and oxygen atoms in total. The zero-order valence-corrected chi connectivity index (χ0v) is 13.9. The number of aromatic amines is 1. The summed E-state index contributed by atoms with van der Waals surface area (Å²) in [5.41, 5.74) is 1.22. The van der Waals surface area contributed by atoms with Crippen LogP contribution in [0.15, 0.2) is 41.6 Å². The second-order valence-corrected chi connectivity index (χ2v) is 6.06. The topological polar surface area (TPSA) is 118 Å². The molecule has 1 aromatic heterocycles. The number of hydrogen-bond donors (Lipinski definition) is 2. The minimum absolute atomic E-state index is 0.0370. The van der Waals surface area contributed by atoms with Crippen LogP contribution < -0.4 is 4.74 Å². The maximum absolute atomic E-state index is 12.3. The van der Waals surface area contributed by atoms with Crippen LogP contribution in [0, 0.1) is 10.1 Å². The van der Waals surface area contributed by atoms with Crippen LogP contribution in [0.4, 0.5) is 5.69 Å². The number of phenols is 1. The normalized spacial score (nSPS) is 10.8. The predicted octanol–water partition coefficient (Wildman–Crippen LogP) is 3.16. The van der Waals surface area contributed by atoms with Crippen molar-refractivity contribution in [1.29, 1.82) is 0 Å². The summed E-state index contributed by atoms with van der Waals surface area (Å²) in [4.78, 5) is 29.8. The Kier molecular flexibility index (Phi) is 4.57. The van der Waals surface area contributed by atoms with Crippen LogP contribution in [0.5, 0.6) is 11.5 Å². The molecule has 0 aliphatic rings. The van der Waals surface area contributed by atoms with Gasteiger partial charge in [-0.05, 0) is 24.3 Å². The lowest BCUT2D eigenvalue weighted by molar-refractivity contribution is -0.384. The number of rotatable bonds is 6. The Hall–Kier alpha value is -3.07. The van der Waals surface area contributed by atoms with Crippen molar-refractivity contribution >= 4 is 34.3 Å². The van der Waals surface area contributed by atoms with Crippen LogP contribution in [0.2, 0.25) is 0 Å². The predicted molar refractivity (Wildman–Crippen MR) is 92.5 cm³/mol. The fourth-order valence-corrected chi connectivity index (χ4v) is 3.00. The molecular weight excluding hydrogens is 346 g/mol. The summed E-state index contributed by atoms with van der Waals surface area (Å²) in [5, 5.41) is 21.1. The van der Waals surface area contributed by atoms with Crippen molar-refractivity contribution in [2.45, 2.75) is 5.16 Å². The number of carbonyl (C=O) groups is 1. The molecule has 0 fully saturated rings. The molecule has 1 heterocycles. The van der Waals surface area contributed by atoms with Gasteiger partial charge in [0.1, 0.15) is 11.5 Å². The van der Waals surface area contributed by atoms with Gasteiger partial charge in [0, 0.05) is 12.1 Å². The maximum atomic E-state index is 12.3. The van der Waals surface area contributed by atoms with E-state index in [1.165, 1.54) is 31.4 Å². The number of methoxy groups -OCH3 is 1. The number of carbonyl (C=O) groups excluding carboxylic acids is 1. The molecule has 0 radical (unpaired) electrons. The van der Waals surface area contributed by atoms with Crippen LogP contribution >= 0.6 is 11.8 Å². The largest absolute Gasteiger partial charge is 0.507 e. The molecule has 0 saturated carbocycles. The van der Waals surface area contributed by atoms with E-state index in [9.17, 15) is 20.0 Å². The molecule has 0 aliphatic carbocycles. The first-order chi connectivity index (χ1) is 12.0. The molecule has 0 amide bonds. The standard InChI is InChI=1S/C16H13N3O5S/c1-24-10-3-5-14(20)11(7-10)15(21)8-25-16-17-12-4-2-9(19(22)23)6-13(12)18-16/h2-7,20H,8H2,1H3,(H,17,18). The molecule has 3 aromatic rings. The van der Waals surface area contributed by atoms with Crippen LogP contribution in [-0.2, 0) is 0 Å². The van der Waals surface area contributed by atoms with Crippen molar-refractivity contribution in [2.24, 2.45) is 0 Å². The number of nitrogens with zero attached hydrogens (tertiary/aromatic N) is 2. The van der Waals surface area contributed by atoms with E-state index in [0.29, 0.717) is 21.9 Å². The van der Waals surface area contributed by atoms with E-state index in [1.807, 2.05) is 0 Å². The zero-order valence-electron chi connectivity index (χ0n) is 13.1. The monoisotopic (exact) mass is 359 g/mol. The number of H-pyrrole nitrogens is 1. The minimum atomic E-state index is -0.484. The van der Waals surface area contributed by atoms with E-state index in [0.717, 1.165) is 11.8 Å². The third kappa shape index (κ3) is 3.56. The number of benzene rings is 2.